The fourth-order valence-corrected chi connectivity index (χ4v) is 2.73. The van der Waals surface area contributed by atoms with E-state index in [1.54, 1.807) is 0 Å². The maximum Gasteiger partial charge on any atom is 0.0991 e. The molecule has 21 heavy (non-hydrogen) atoms. The second-order valence-electron chi connectivity index (χ2n) is 6.52. The van der Waals surface area contributed by atoms with Crippen LogP contribution < -0.4 is 5.32 Å². The average molecular weight is 286 g/mol. The Labute approximate surface area is 128 Å². The lowest BCUT2D eigenvalue weighted by Gasteiger charge is -2.43. The minimum atomic E-state index is 0.174. The van der Waals surface area contributed by atoms with Crippen molar-refractivity contribution in [1.29, 1.82) is 5.26 Å². The minimum Gasteiger partial charge on any atom is -0.311 e. The molecule has 1 aliphatic heterocycles. The van der Waals surface area contributed by atoms with Crippen LogP contribution in [0, 0.1) is 11.3 Å². The highest BCUT2D eigenvalue weighted by atomic mass is 15.3. The van der Waals surface area contributed by atoms with Crippen molar-refractivity contribution in [2.45, 2.75) is 25.9 Å². The predicted octanol–water partition coefficient (Wildman–Crippen LogP) is 1.67. The molecule has 0 saturated carbocycles. The third-order valence-corrected chi connectivity index (χ3v) is 4.33. The number of rotatable bonds is 5. The second kappa shape index (κ2) is 7.04. The number of benzene rings is 1. The van der Waals surface area contributed by atoms with Crippen LogP contribution in [0.2, 0.25) is 0 Å². The van der Waals surface area contributed by atoms with Gasteiger partial charge in [-0.2, -0.15) is 5.26 Å². The number of nitrogens with one attached hydrogen (secondary N) is 1. The van der Waals surface area contributed by atoms with E-state index >= 15 is 0 Å². The van der Waals surface area contributed by atoms with Gasteiger partial charge in [-0.15, -0.1) is 0 Å². The van der Waals surface area contributed by atoms with Crippen LogP contribution in [0.25, 0.3) is 0 Å². The van der Waals surface area contributed by atoms with Crippen LogP contribution in [0.15, 0.2) is 24.3 Å². The normalized spacial score (nSPS) is 17.6. The van der Waals surface area contributed by atoms with E-state index in [1.165, 1.54) is 5.56 Å². The van der Waals surface area contributed by atoms with Crippen molar-refractivity contribution in [2.75, 3.05) is 39.8 Å². The van der Waals surface area contributed by atoms with Gasteiger partial charge in [0, 0.05) is 44.8 Å². The first-order valence-corrected chi connectivity index (χ1v) is 7.64. The first-order chi connectivity index (χ1) is 10.0. The Morgan fingerprint density at radius 3 is 2.33 bits per heavy atom. The molecule has 1 heterocycles. The third kappa shape index (κ3) is 4.53. The zero-order chi connectivity index (χ0) is 15.3. The summed E-state index contributed by atoms with van der Waals surface area (Å²) in [5.74, 6) is 0. The van der Waals surface area contributed by atoms with Gasteiger partial charge >= 0.3 is 0 Å². The quantitative estimate of drug-likeness (QED) is 0.894. The molecule has 0 radical (unpaired) electrons. The Balaban J connectivity index is 1.79. The molecule has 4 heteroatoms. The summed E-state index contributed by atoms with van der Waals surface area (Å²) >= 11 is 0. The standard InChI is InChI=1S/C17H26N4/c1-17(2,21-10-8-20(3)9-11-21)14-19-13-16-6-4-15(12-18)5-7-16/h4-7,19H,8-11,13-14H2,1-3H3. The summed E-state index contributed by atoms with van der Waals surface area (Å²) in [6.07, 6.45) is 0. The molecule has 1 aromatic carbocycles. The fraction of sp³-hybridized carbons (Fsp3) is 0.588. The second-order valence-corrected chi connectivity index (χ2v) is 6.52. The molecule has 0 aromatic heterocycles. The van der Waals surface area contributed by atoms with Gasteiger partial charge in [0.1, 0.15) is 0 Å². The molecule has 0 atom stereocenters. The van der Waals surface area contributed by atoms with Crippen LogP contribution in [0.4, 0.5) is 0 Å². The monoisotopic (exact) mass is 286 g/mol. The van der Waals surface area contributed by atoms with Gasteiger partial charge in [0.25, 0.3) is 0 Å². The number of hydrogen-bond donors (Lipinski definition) is 1. The lowest BCUT2D eigenvalue weighted by atomic mass is 10.0. The predicted molar refractivity (Wildman–Crippen MR) is 86.0 cm³/mol. The van der Waals surface area contributed by atoms with E-state index in [4.69, 9.17) is 5.26 Å². The lowest BCUT2D eigenvalue weighted by Crippen LogP contribution is -2.57. The lowest BCUT2D eigenvalue weighted by molar-refractivity contribution is 0.0618. The molecule has 0 aliphatic carbocycles. The highest BCUT2D eigenvalue weighted by Gasteiger charge is 2.28. The van der Waals surface area contributed by atoms with E-state index in [1.807, 2.05) is 24.3 Å². The molecule has 1 N–H and O–H groups in total. The van der Waals surface area contributed by atoms with Crippen molar-refractivity contribution in [3.8, 4) is 6.07 Å². The Morgan fingerprint density at radius 2 is 1.76 bits per heavy atom. The maximum atomic E-state index is 8.80. The minimum absolute atomic E-state index is 0.174. The summed E-state index contributed by atoms with van der Waals surface area (Å²) in [6, 6.07) is 9.95. The zero-order valence-corrected chi connectivity index (χ0v) is 13.4. The van der Waals surface area contributed by atoms with E-state index in [-0.39, 0.29) is 5.54 Å². The molecule has 1 aromatic rings. The molecule has 0 bridgehead atoms. The first kappa shape index (κ1) is 16.0. The number of nitriles is 1. The summed E-state index contributed by atoms with van der Waals surface area (Å²) in [5, 5.41) is 12.3. The molecule has 0 amide bonds. The SMILES string of the molecule is CN1CCN(C(C)(C)CNCc2ccc(C#N)cc2)CC1. The maximum absolute atomic E-state index is 8.80. The van der Waals surface area contributed by atoms with Gasteiger partial charge in [-0.3, -0.25) is 4.90 Å². The van der Waals surface area contributed by atoms with Crippen LogP contribution >= 0.6 is 0 Å². The van der Waals surface area contributed by atoms with Gasteiger partial charge in [-0.1, -0.05) is 12.1 Å². The molecule has 4 nitrogen and oxygen atoms in total. The van der Waals surface area contributed by atoms with Crippen molar-refractivity contribution in [3.63, 3.8) is 0 Å². The largest absolute Gasteiger partial charge is 0.311 e. The topological polar surface area (TPSA) is 42.3 Å². The molecule has 1 fully saturated rings. The van der Waals surface area contributed by atoms with Crippen molar-refractivity contribution in [1.82, 2.24) is 15.1 Å². The van der Waals surface area contributed by atoms with Crippen molar-refractivity contribution < 1.29 is 0 Å². The molecule has 1 saturated heterocycles. The summed E-state index contributed by atoms with van der Waals surface area (Å²) in [6.45, 7) is 11.0. The highest BCUT2D eigenvalue weighted by Crippen LogP contribution is 2.16. The number of nitrogens with zero attached hydrogens (tertiary/aromatic N) is 3. The van der Waals surface area contributed by atoms with Gasteiger partial charge in [0.2, 0.25) is 0 Å². The van der Waals surface area contributed by atoms with E-state index in [0.29, 0.717) is 0 Å². The molecule has 0 spiro atoms. The van der Waals surface area contributed by atoms with Crippen LogP contribution in [0.5, 0.6) is 0 Å². The van der Waals surface area contributed by atoms with Crippen molar-refractivity contribution in [3.05, 3.63) is 35.4 Å². The summed E-state index contributed by atoms with van der Waals surface area (Å²) < 4.78 is 0. The van der Waals surface area contributed by atoms with Gasteiger partial charge in [-0.25, -0.2) is 0 Å². The smallest absolute Gasteiger partial charge is 0.0991 e. The fourth-order valence-electron chi connectivity index (χ4n) is 2.73. The van der Waals surface area contributed by atoms with Crippen LogP contribution in [0.3, 0.4) is 0 Å². The van der Waals surface area contributed by atoms with E-state index < -0.39 is 0 Å². The van der Waals surface area contributed by atoms with Gasteiger partial charge in [0.15, 0.2) is 0 Å². The van der Waals surface area contributed by atoms with Crippen molar-refractivity contribution >= 4 is 0 Å². The summed E-state index contributed by atoms with van der Waals surface area (Å²) in [4.78, 5) is 4.95. The van der Waals surface area contributed by atoms with Crippen LogP contribution in [-0.2, 0) is 6.54 Å². The Morgan fingerprint density at radius 1 is 1.14 bits per heavy atom. The van der Waals surface area contributed by atoms with Crippen LogP contribution in [0.1, 0.15) is 25.0 Å². The Hall–Kier alpha value is -1.41. The van der Waals surface area contributed by atoms with E-state index in [2.05, 4.69) is 42.1 Å². The third-order valence-electron chi connectivity index (χ3n) is 4.33. The Kier molecular flexibility index (Phi) is 5.35. The molecule has 1 aliphatic rings. The highest BCUT2D eigenvalue weighted by molar-refractivity contribution is 5.31. The summed E-state index contributed by atoms with van der Waals surface area (Å²) in [7, 11) is 2.19. The van der Waals surface area contributed by atoms with Crippen molar-refractivity contribution in [2.24, 2.45) is 0 Å². The number of piperazine rings is 1. The molecule has 0 unspecified atom stereocenters. The zero-order valence-electron chi connectivity index (χ0n) is 13.4. The molecule has 2 rings (SSSR count). The Bertz CT molecular complexity index is 479. The first-order valence-electron chi connectivity index (χ1n) is 7.64. The molecular weight excluding hydrogens is 260 g/mol. The van der Waals surface area contributed by atoms with Gasteiger partial charge in [-0.05, 0) is 38.6 Å². The van der Waals surface area contributed by atoms with E-state index in [9.17, 15) is 0 Å². The number of likely N-dealkylation sites (N-methyl/N-ethyl adjacent to an activating group) is 1. The van der Waals surface area contributed by atoms with Gasteiger partial charge < -0.3 is 10.2 Å². The van der Waals surface area contributed by atoms with E-state index in [0.717, 1.165) is 44.8 Å². The molecule has 114 valence electrons. The number of hydrogen-bond acceptors (Lipinski definition) is 4. The van der Waals surface area contributed by atoms with Gasteiger partial charge in [0.05, 0.1) is 11.6 Å². The average Bonchev–Trinajstić information content (AvgIpc) is 2.48. The molecular formula is C17H26N4. The van der Waals surface area contributed by atoms with Crippen LogP contribution in [-0.4, -0.2) is 55.1 Å². The summed E-state index contributed by atoms with van der Waals surface area (Å²) in [5.41, 5.74) is 2.12.